The molecule has 0 atom stereocenters. The highest BCUT2D eigenvalue weighted by molar-refractivity contribution is 5.57. The van der Waals surface area contributed by atoms with E-state index >= 15 is 0 Å². The van der Waals surface area contributed by atoms with Crippen LogP contribution in [0.15, 0.2) is 35.1 Å². The zero-order valence-electron chi connectivity index (χ0n) is 11.6. The SMILES string of the molecule is CCCNCc1cc(=O)[nH]c(-c2ccc([N+](=O)[O-])cc2)n1. The van der Waals surface area contributed by atoms with Gasteiger partial charge in [0.05, 0.1) is 10.6 Å². The first-order valence-electron chi connectivity index (χ1n) is 6.66. The molecule has 0 amide bonds. The van der Waals surface area contributed by atoms with Crippen molar-refractivity contribution in [2.24, 2.45) is 0 Å². The maximum absolute atomic E-state index is 11.7. The van der Waals surface area contributed by atoms with Crippen LogP contribution in [0.25, 0.3) is 11.4 Å². The zero-order chi connectivity index (χ0) is 15.2. The van der Waals surface area contributed by atoms with E-state index in [0.717, 1.165) is 13.0 Å². The van der Waals surface area contributed by atoms with Crippen molar-refractivity contribution in [3.63, 3.8) is 0 Å². The Bertz CT molecular complexity index is 679. The van der Waals surface area contributed by atoms with E-state index in [-0.39, 0.29) is 11.2 Å². The van der Waals surface area contributed by atoms with Gasteiger partial charge >= 0.3 is 0 Å². The minimum atomic E-state index is -0.467. The molecule has 2 N–H and O–H groups in total. The van der Waals surface area contributed by atoms with E-state index in [1.807, 2.05) is 0 Å². The van der Waals surface area contributed by atoms with Crippen LogP contribution in [0.1, 0.15) is 19.0 Å². The Morgan fingerprint density at radius 1 is 1.33 bits per heavy atom. The Morgan fingerprint density at radius 2 is 2.05 bits per heavy atom. The van der Waals surface area contributed by atoms with Crippen LogP contribution in [-0.2, 0) is 6.54 Å². The van der Waals surface area contributed by atoms with E-state index in [9.17, 15) is 14.9 Å². The lowest BCUT2D eigenvalue weighted by molar-refractivity contribution is -0.384. The fourth-order valence-corrected chi connectivity index (χ4v) is 1.87. The Kier molecular flexibility index (Phi) is 4.78. The molecule has 0 aliphatic heterocycles. The zero-order valence-corrected chi connectivity index (χ0v) is 11.6. The lowest BCUT2D eigenvalue weighted by Gasteiger charge is -2.05. The number of H-pyrrole nitrogens is 1. The summed E-state index contributed by atoms with van der Waals surface area (Å²) in [7, 11) is 0. The maximum Gasteiger partial charge on any atom is 0.269 e. The number of rotatable bonds is 6. The van der Waals surface area contributed by atoms with E-state index in [1.165, 1.54) is 18.2 Å². The number of nitrogens with one attached hydrogen (secondary N) is 2. The molecule has 7 heteroatoms. The Balaban J connectivity index is 2.26. The number of aromatic nitrogens is 2. The fourth-order valence-electron chi connectivity index (χ4n) is 1.87. The first-order valence-corrected chi connectivity index (χ1v) is 6.66. The molecule has 1 aromatic carbocycles. The number of hydrogen-bond acceptors (Lipinski definition) is 5. The summed E-state index contributed by atoms with van der Waals surface area (Å²) in [6.07, 6.45) is 0.998. The van der Waals surface area contributed by atoms with Gasteiger partial charge in [-0.25, -0.2) is 4.98 Å². The third-order valence-corrected chi connectivity index (χ3v) is 2.88. The van der Waals surface area contributed by atoms with Crippen molar-refractivity contribution in [1.82, 2.24) is 15.3 Å². The molecule has 0 fully saturated rings. The molecule has 7 nitrogen and oxygen atoms in total. The maximum atomic E-state index is 11.7. The average Bonchev–Trinajstić information content (AvgIpc) is 2.47. The summed E-state index contributed by atoms with van der Waals surface area (Å²) in [4.78, 5) is 28.8. The van der Waals surface area contributed by atoms with Gasteiger partial charge in [-0.2, -0.15) is 0 Å². The molecular formula is C14H16N4O3. The van der Waals surface area contributed by atoms with Crippen molar-refractivity contribution >= 4 is 5.69 Å². The summed E-state index contributed by atoms with van der Waals surface area (Å²) in [6, 6.07) is 7.35. The molecule has 0 bridgehead atoms. The van der Waals surface area contributed by atoms with Crippen LogP contribution in [0.4, 0.5) is 5.69 Å². The van der Waals surface area contributed by atoms with Crippen LogP contribution < -0.4 is 10.9 Å². The Labute approximate surface area is 121 Å². The Morgan fingerprint density at radius 3 is 2.67 bits per heavy atom. The summed E-state index contributed by atoms with van der Waals surface area (Å²) in [5.74, 6) is 0.408. The predicted molar refractivity (Wildman–Crippen MR) is 78.9 cm³/mol. The van der Waals surface area contributed by atoms with E-state index < -0.39 is 4.92 Å². The molecule has 0 aliphatic rings. The number of hydrogen-bond donors (Lipinski definition) is 2. The standard InChI is InChI=1S/C14H16N4O3/c1-2-7-15-9-11-8-13(19)17-14(16-11)10-3-5-12(6-4-10)18(20)21/h3-6,8,15H,2,7,9H2,1H3,(H,16,17,19). The van der Waals surface area contributed by atoms with Crippen LogP contribution in [0.2, 0.25) is 0 Å². The van der Waals surface area contributed by atoms with Crippen LogP contribution in [0, 0.1) is 10.1 Å². The van der Waals surface area contributed by atoms with Gasteiger partial charge < -0.3 is 10.3 Å². The highest BCUT2D eigenvalue weighted by atomic mass is 16.6. The van der Waals surface area contributed by atoms with Crippen molar-refractivity contribution in [3.05, 3.63) is 56.5 Å². The summed E-state index contributed by atoms with van der Waals surface area (Å²) >= 11 is 0. The second kappa shape index (κ2) is 6.76. The molecule has 0 radical (unpaired) electrons. The van der Waals surface area contributed by atoms with Crippen molar-refractivity contribution in [2.75, 3.05) is 6.54 Å². The van der Waals surface area contributed by atoms with Crippen molar-refractivity contribution in [2.45, 2.75) is 19.9 Å². The molecular weight excluding hydrogens is 272 g/mol. The fraction of sp³-hybridized carbons (Fsp3) is 0.286. The highest BCUT2D eigenvalue weighted by Gasteiger charge is 2.08. The molecule has 2 aromatic rings. The molecule has 0 aliphatic carbocycles. The van der Waals surface area contributed by atoms with Crippen LogP contribution in [0.5, 0.6) is 0 Å². The van der Waals surface area contributed by atoms with Gasteiger partial charge in [-0.1, -0.05) is 6.92 Å². The summed E-state index contributed by atoms with van der Waals surface area (Å²) in [5.41, 5.74) is 1.03. The topological polar surface area (TPSA) is 101 Å². The van der Waals surface area contributed by atoms with Gasteiger partial charge in [0.25, 0.3) is 11.2 Å². The summed E-state index contributed by atoms with van der Waals surface area (Å²) in [6.45, 7) is 3.42. The third kappa shape index (κ3) is 3.96. The van der Waals surface area contributed by atoms with Crippen LogP contribution in [-0.4, -0.2) is 21.4 Å². The molecule has 0 saturated heterocycles. The molecule has 1 heterocycles. The van der Waals surface area contributed by atoms with Gasteiger partial charge in [0.1, 0.15) is 5.82 Å². The predicted octanol–water partition coefficient (Wildman–Crippen LogP) is 1.84. The number of benzene rings is 1. The van der Waals surface area contributed by atoms with Crippen molar-refractivity contribution in [3.8, 4) is 11.4 Å². The number of nitro benzene ring substituents is 1. The van der Waals surface area contributed by atoms with E-state index in [1.54, 1.807) is 12.1 Å². The molecule has 0 saturated carbocycles. The lowest BCUT2D eigenvalue weighted by Crippen LogP contribution is -2.18. The number of non-ortho nitro benzene ring substituents is 1. The molecule has 2 rings (SSSR count). The smallest absolute Gasteiger partial charge is 0.269 e. The van der Waals surface area contributed by atoms with Crippen molar-refractivity contribution in [1.29, 1.82) is 0 Å². The van der Waals surface area contributed by atoms with E-state index in [2.05, 4.69) is 22.2 Å². The van der Waals surface area contributed by atoms with Gasteiger partial charge in [-0.05, 0) is 25.1 Å². The summed E-state index contributed by atoms with van der Waals surface area (Å²) in [5, 5.41) is 13.8. The third-order valence-electron chi connectivity index (χ3n) is 2.88. The van der Waals surface area contributed by atoms with E-state index in [0.29, 0.717) is 23.6 Å². The first kappa shape index (κ1) is 14.9. The van der Waals surface area contributed by atoms with Gasteiger partial charge in [-0.15, -0.1) is 0 Å². The van der Waals surface area contributed by atoms with Gasteiger partial charge in [-0.3, -0.25) is 14.9 Å². The Hall–Kier alpha value is -2.54. The quantitative estimate of drug-likeness (QED) is 0.480. The average molecular weight is 288 g/mol. The second-order valence-electron chi connectivity index (χ2n) is 4.57. The minimum Gasteiger partial charge on any atom is -0.311 e. The lowest BCUT2D eigenvalue weighted by atomic mass is 10.2. The summed E-state index contributed by atoms with van der Waals surface area (Å²) < 4.78 is 0. The monoisotopic (exact) mass is 288 g/mol. The van der Waals surface area contributed by atoms with Gasteiger partial charge in [0, 0.05) is 30.3 Å². The molecule has 21 heavy (non-hydrogen) atoms. The first-order chi connectivity index (χ1) is 10.1. The number of aromatic amines is 1. The molecule has 0 unspecified atom stereocenters. The van der Waals surface area contributed by atoms with E-state index in [4.69, 9.17) is 0 Å². The normalized spacial score (nSPS) is 10.5. The minimum absolute atomic E-state index is 0.00173. The van der Waals surface area contributed by atoms with Crippen LogP contribution >= 0.6 is 0 Å². The largest absolute Gasteiger partial charge is 0.311 e. The molecule has 1 aromatic heterocycles. The highest BCUT2D eigenvalue weighted by Crippen LogP contribution is 2.18. The van der Waals surface area contributed by atoms with Gasteiger partial charge in [0.2, 0.25) is 0 Å². The van der Waals surface area contributed by atoms with Crippen LogP contribution in [0.3, 0.4) is 0 Å². The number of nitro groups is 1. The second-order valence-corrected chi connectivity index (χ2v) is 4.57. The van der Waals surface area contributed by atoms with Gasteiger partial charge in [0.15, 0.2) is 0 Å². The molecule has 110 valence electrons. The molecule has 0 spiro atoms. The number of nitrogens with zero attached hydrogens (tertiary/aromatic N) is 2. The van der Waals surface area contributed by atoms with Crippen molar-refractivity contribution < 1.29 is 4.92 Å².